The number of carbonyl (C=O) groups is 1. The van der Waals surface area contributed by atoms with Crippen LogP contribution in [0, 0.1) is 6.92 Å². The second kappa shape index (κ2) is 6.25. The number of carbonyl (C=O) groups excluding carboxylic acids is 1. The van der Waals surface area contributed by atoms with E-state index in [0.717, 1.165) is 5.56 Å². The summed E-state index contributed by atoms with van der Waals surface area (Å²) < 4.78 is 5.18. The molecule has 0 saturated heterocycles. The average Bonchev–Trinajstić information content (AvgIpc) is 2.34. The first-order valence-corrected chi connectivity index (χ1v) is 5.61. The smallest absolute Gasteiger partial charge is 0.257 e. The van der Waals surface area contributed by atoms with E-state index in [0.29, 0.717) is 24.3 Å². The van der Waals surface area contributed by atoms with Gasteiger partial charge in [-0.3, -0.25) is 4.79 Å². The lowest BCUT2D eigenvalue weighted by Crippen LogP contribution is -2.28. The van der Waals surface area contributed by atoms with Crippen LogP contribution >= 0.6 is 0 Å². The Labute approximate surface area is 102 Å². The molecule has 0 aromatic heterocycles. The maximum absolute atomic E-state index is 12.1. The second-order valence-electron chi connectivity index (χ2n) is 4.01. The zero-order valence-electron chi connectivity index (χ0n) is 10.6. The fraction of sp³-hybridized carbons (Fsp3) is 0.462. The molecule has 0 fully saturated rings. The van der Waals surface area contributed by atoms with Crippen LogP contribution in [0.1, 0.15) is 22.3 Å². The molecule has 0 radical (unpaired) electrons. The summed E-state index contributed by atoms with van der Waals surface area (Å²) in [6.07, 6.45) is 0.580. The number of aliphatic hydroxyl groups is 1. The highest BCUT2D eigenvalue weighted by atomic mass is 16.5. The minimum Gasteiger partial charge on any atom is -0.496 e. The number of nitrogens with zero attached hydrogens (tertiary/aromatic N) is 1. The lowest BCUT2D eigenvalue weighted by atomic mass is 10.1. The molecule has 0 spiro atoms. The number of benzene rings is 1. The van der Waals surface area contributed by atoms with E-state index >= 15 is 0 Å². The summed E-state index contributed by atoms with van der Waals surface area (Å²) in [6.45, 7) is 2.55. The van der Waals surface area contributed by atoms with Crippen molar-refractivity contribution in [1.82, 2.24) is 4.90 Å². The lowest BCUT2D eigenvalue weighted by molar-refractivity contribution is 0.0783. The molecule has 1 aromatic rings. The van der Waals surface area contributed by atoms with Crippen LogP contribution in [0.25, 0.3) is 0 Å². The monoisotopic (exact) mass is 237 g/mol. The fourth-order valence-electron chi connectivity index (χ4n) is 1.60. The largest absolute Gasteiger partial charge is 0.496 e. The Kier molecular flexibility index (Phi) is 4.97. The van der Waals surface area contributed by atoms with Crippen LogP contribution in [0.15, 0.2) is 18.2 Å². The molecule has 4 nitrogen and oxygen atoms in total. The molecule has 1 rings (SSSR count). The van der Waals surface area contributed by atoms with Crippen LogP contribution in [0.2, 0.25) is 0 Å². The van der Waals surface area contributed by atoms with E-state index in [1.54, 1.807) is 25.1 Å². The molecule has 0 bridgehead atoms. The van der Waals surface area contributed by atoms with E-state index in [4.69, 9.17) is 9.84 Å². The van der Waals surface area contributed by atoms with Gasteiger partial charge in [-0.2, -0.15) is 0 Å². The molecule has 0 saturated carbocycles. The average molecular weight is 237 g/mol. The number of amides is 1. The molecular formula is C13H19NO3. The number of aliphatic hydroxyl groups excluding tert-OH is 1. The minimum atomic E-state index is -0.0843. The standard InChI is InChI=1S/C13H19NO3/c1-10-5-6-12(17-3)11(9-10)13(16)14(2)7-4-8-15/h5-6,9,15H,4,7-8H2,1-3H3. The van der Waals surface area contributed by atoms with E-state index in [1.807, 2.05) is 19.1 Å². The number of hydrogen-bond acceptors (Lipinski definition) is 3. The van der Waals surface area contributed by atoms with E-state index in [-0.39, 0.29) is 12.5 Å². The van der Waals surface area contributed by atoms with Gasteiger partial charge in [-0.15, -0.1) is 0 Å². The first-order valence-electron chi connectivity index (χ1n) is 5.61. The summed E-state index contributed by atoms with van der Waals surface area (Å²) in [7, 11) is 3.27. The molecule has 0 aliphatic heterocycles. The second-order valence-corrected chi connectivity index (χ2v) is 4.01. The highest BCUT2D eigenvalue weighted by Gasteiger charge is 2.16. The predicted octanol–water partition coefficient (Wildman–Crippen LogP) is 1.46. The molecule has 4 heteroatoms. The van der Waals surface area contributed by atoms with Crippen molar-refractivity contribution in [3.05, 3.63) is 29.3 Å². The number of ether oxygens (including phenoxy) is 1. The molecule has 1 aromatic carbocycles. The van der Waals surface area contributed by atoms with Gasteiger partial charge in [0.15, 0.2) is 0 Å². The molecule has 94 valence electrons. The lowest BCUT2D eigenvalue weighted by Gasteiger charge is -2.18. The van der Waals surface area contributed by atoms with Gasteiger partial charge in [0, 0.05) is 20.2 Å². The zero-order chi connectivity index (χ0) is 12.8. The van der Waals surface area contributed by atoms with Crippen molar-refractivity contribution in [2.45, 2.75) is 13.3 Å². The zero-order valence-corrected chi connectivity index (χ0v) is 10.6. The fourth-order valence-corrected chi connectivity index (χ4v) is 1.60. The molecule has 0 aliphatic carbocycles. The maximum atomic E-state index is 12.1. The van der Waals surface area contributed by atoms with Crippen molar-refractivity contribution < 1.29 is 14.6 Å². The van der Waals surface area contributed by atoms with Gasteiger partial charge >= 0.3 is 0 Å². The third kappa shape index (κ3) is 3.46. The Hall–Kier alpha value is -1.55. The predicted molar refractivity (Wildman–Crippen MR) is 66.4 cm³/mol. The van der Waals surface area contributed by atoms with Gasteiger partial charge in [-0.05, 0) is 25.5 Å². The van der Waals surface area contributed by atoms with E-state index < -0.39 is 0 Å². The van der Waals surface area contributed by atoms with Crippen molar-refractivity contribution in [2.24, 2.45) is 0 Å². The number of hydrogen-bond donors (Lipinski definition) is 1. The van der Waals surface area contributed by atoms with Crippen LogP contribution in [0.3, 0.4) is 0 Å². The van der Waals surface area contributed by atoms with Gasteiger partial charge in [-0.25, -0.2) is 0 Å². The quantitative estimate of drug-likeness (QED) is 0.843. The van der Waals surface area contributed by atoms with Crippen molar-refractivity contribution in [3.8, 4) is 5.75 Å². The Morgan fingerprint density at radius 2 is 2.18 bits per heavy atom. The first-order chi connectivity index (χ1) is 8.10. The molecule has 0 unspecified atom stereocenters. The van der Waals surface area contributed by atoms with Crippen LogP contribution < -0.4 is 4.74 Å². The molecular weight excluding hydrogens is 218 g/mol. The Balaban J connectivity index is 2.90. The summed E-state index contributed by atoms with van der Waals surface area (Å²) in [4.78, 5) is 13.7. The molecule has 17 heavy (non-hydrogen) atoms. The van der Waals surface area contributed by atoms with Crippen LogP contribution in [0.4, 0.5) is 0 Å². The summed E-state index contributed by atoms with van der Waals surface area (Å²) in [5.74, 6) is 0.496. The molecule has 0 aliphatic rings. The molecule has 1 N–H and O–H groups in total. The Morgan fingerprint density at radius 3 is 2.76 bits per heavy atom. The summed E-state index contributed by atoms with van der Waals surface area (Å²) in [5, 5.41) is 8.75. The highest BCUT2D eigenvalue weighted by molar-refractivity contribution is 5.97. The van der Waals surface area contributed by atoms with Gasteiger partial charge in [0.25, 0.3) is 5.91 Å². The van der Waals surface area contributed by atoms with Crippen LogP contribution in [-0.2, 0) is 0 Å². The summed E-state index contributed by atoms with van der Waals surface area (Å²) in [5.41, 5.74) is 1.58. The molecule has 1 amide bonds. The van der Waals surface area contributed by atoms with Crippen molar-refractivity contribution in [3.63, 3.8) is 0 Å². The number of aryl methyl sites for hydroxylation is 1. The highest BCUT2D eigenvalue weighted by Crippen LogP contribution is 2.21. The topological polar surface area (TPSA) is 49.8 Å². The maximum Gasteiger partial charge on any atom is 0.257 e. The number of rotatable bonds is 5. The van der Waals surface area contributed by atoms with Gasteiger partial charge in [-0.1, -0.05) is 11.6 Å². The van der Waals surface area contributed by atoms with Crippen LogP contribution in [-0.4, -0.2) is 43.2 Å². The van der Waals surface area contributed by atoms with Crippen molar-refractivity contribution in [1.29, 1.82) is 0 Å². The molecule has 0 heterocycles. The SMILES string of the molecule is COc1ccc(C)cc1C(=O)N(C)CCCO. The van der Waals surface area contributed by atoms with Gasteiger partial charge < -0.3 is 14.7 Å². The summed E-state index contributed by atoms with van der Waals surface area (Å²) in [6, 6.07) is 5.52. The first kappa shape index (κ1) is 13.5. The van der Waals surface area contributed by atoms with Crippen LogP contribution in [0.5, 0.6) is 5.75 Å². The van der Waals surface area contributed by atoms with Crippen molar-refractivity contribution in [2.75, 3.05) is 27.3 Å². The van der Waals surface area contributed by atoms with E-state index in [1.165, 1.54) is 0 Å². The minimum absolute atomic E-state index is 0.0843. The van der Waals surface area contributed by atoms with Gasteiger partial charge in [0.1, 0.15) is 5.75 Å². The normalized spacial score (nSPS) is 10.1. The van der Waals surface area contributed by atoms with E-state index in [2.05, 4.69) is 0 Å². The van der Waals surface area contributed by atoms with Gasteiger partial charge in [0.2, 0.25) is 0 Å². The number of methoxy groups -OCH3 is 1. The molecule has 0 atom stereocenters. The van der Waals surface area contributed by atoms with Gasteiger partial charge in [0.05, 0.1) is 12.7 Å². The Morgan fingerprint density at radius 1 is 1.47 bits per heavy atom. The summed E-state index contributed by atoms with van der Waals surface area (Å²) >= 11 is 0. The van der Waals surface area contributed by atoms with Crippen molar-refractivity contribution >= 4 is 5.91 Å². The third-order valence-corrected chi connectivity index (χ3v) is 2.58. The van der Waals surface area contributed by atoms with E-state index in [9.17, 15) is 4.79 Å². The Bertz CT molecular complexity index is 390. The third-order valence-electron chi connectivity index (χ3n) is 2.58.